The molecule has 0 radical (unpaired) electrons. The van der Waals surface area contributed by atoms with Crippen LogP contribution < -0.4 is 10.6 Å². The third kappa shape index (κ3) is 15.5. The van der Waals surface area contributed by atoms with Gasteiger partial charge in [-0.25, -0.2) is 9.78 Å². The van der Waals surface area contributed by atoms with Gasteiger partial charge >= 0.3 is 5.97 Å². The van der Waals surface area contributed by atoms with Crippen molar-refractivity contribution in [3.05, 3.63) is 18.2 Å². The van der Waals surface area contributed by atoms with Crippen LogP contribution in [0.3, 0.4) is 0 Å². The van der Waals surface area contributed by atoms with E-state index in [1.165, 1.54) is 89.8 Å². The number of hydrogen-bond donors (Lipinski definition) is 4. The topological polar surface area (TPSA) is 107 Å². The number of imidazole rings is 1. The zero-order valence-electron chi connectivity index (χ0n) is 19.5. The number of nitrogens with zero attached hydrogens (tertiary/aromatic N) is 1. The van der Waals surface area contributed by atoms with E-state index in [2.05, 4.69) is 27.5 Å². The lowest BCUT2D eigenvalue weighted by molar-refractivity contribution is -0.141. The molecule has 1 aromatic rings. The zero-order chi connectivity index (χ0) is 22.6. The standard InChI is InChI=1S/C24H44N4O3/c1-2-3-4-5-6-7-8-9-10-11-12-13-14-15-16-25-19-23(29)28-22(24(30)31)17-21-18-26-20-27-21/h18,20,22,25H,2-17,19H2,1H3,(H,26,27)(H,28,29)(H,30,31). The van der Waals surface area contributed by atoms with Crippen molar-refractivity contribution in [1.29, 1.82) is 0 Å². The summed E-state index contributed by atoms with van der Waals surface area (Å²) in [5.74, 6) is -1.34. The van der Waals surface area contributed by atoms with Crippen LogP contribution in [-0.2, 0) is 16.0 Å². The van der Waals surface area contributed by atoms with Gasteiger partial charge in [-0.2, -0.15) is 0 Å². The van der Waals surface area contributed by atoms with Gasteiger partial charge in [0.2, 0.25) is 5.91 Å². The van der Waals surface area contributed by atoms with Crippen LogP contribution >= 0.6 is 0 Å². The van der Waals surface area contributed by atoms with Crippen LogP contribution in [0, 0.1) is 0 Å². The number of unbranched alkanes of at least 4 members (excludes halogenated alkanes) is 13. The van der Waals surface area contributed by atoms with Crippen molar-refractivity contribution >= 4 is 11.9 Å². The van der Waals surface area contributed by atoms with Gasteiger partial charge in [0.25, 0.3) is 0 Å². The minimum atomic E-state index is -1.05. The number of nitrogens with one attached hydrogen (secondary N) is 3. The normalized spacial score (nSPS) is 12.0. The third-order valence-corrected chi connectivity index (χ3v) is 5.60. The number of amides is 1. The van der Waals surface area contributed by atoms with Gasteiger partial charge in [-0.15, -0.1) is 0 Å². The van der Waals surface area contributed by atoms with E-state index in [-0.39, 0.29) is 18.9 Å². The lowest BCUT2D eigenvalue weighted by Gasteiger charge is -2.14. The smallest absolute Gasteiger partial charge is 0.326 e. The molecule has 0 spiro atoms. The Morgan fingerprint density at radius 1 is 0.935 bits per heavy atom. The van der Waals surface area contributed by atoms with Crippen LogP contribution in [0.4, 0.5) is 0 Å². The molecule has 7 nitrogen and oxygen atoms in total. The molecule has 1 heterocycles. The van der Waals surface area contributed by atoms with E-state index in [4.69, 9.17) is 0 Å². The average Bonchev–Trinajstić information content (AvgIpc) is 3.26. The van der Waals surface area contributed by atoms with Crippen LogP contribution in [-0.4, -0.2) is 46.1 Å². The third-order valence-electron chi connectivity index (χ3n) is 5.60. The number of aromatic nitrogens is 2. The minimum Gasteiger partial charge on any atom is -0.480 e. The van der Waals surface area contributed by atoms with Crippen LogP contribution in [0.5, 0.6) is 0 Å². The van der Waals surface area contributed by atoms with Gasteiger partial charge in [-0.05, 0) is 13.0 Å². The van der Waals surface area contributed by atoms with Crippen molar-refractivity contribution in [3.8, 4) is 0 Å². The van der Waals surface area contributed by atoms with E-state index in [9.17, 15) is 14.7 Å². The highest BCUT2D eigenvalue weighted by Crippen LogP contribution is 2.12. The van der Waals surface area contributed by atoms with Crippen LogP contribution in [0.2, 0.25) is 0 Å². The van der Waals surface area contributed by atoms with Crippen molar-refractivity contribution in [3.63, 3.8) is 0 Å². The fourth-order valence-corrected chi connectivity index (χ4v) is 3.71. The Labute approximate surface area is 188 Å². The summed E-state index contributed by atoms with van der Waals surface area (Å²) in [5.41, 5.74) is 0.683. The summed E-state index contributed by atoms with van der Waals surface area (Å²) in [6.45, 7) is 3.19. The van der Waals surface area contributed by atoms with E-state index in [0.717, 1.165) is 13.0 Å². The summed E-state index contributed by atoms with van der Waals surface area (Å²) in [5, 5.41) is 14.9. The second kappa shape index (κ2) is 18.8. The highest BCUT2D eigenvalue weighted by molar-refractivity contribution is 5.84. The van der Waals surface area contributed by atoms with Gasteiger partial charge in [0, 0.05) is 18.3 Å². The fraction of sp³-hybridized carbons (Fsp3) is 0.792. The minimum absolute atomic E-state index is 0.144. The van der Waals surface area contributed by atoms with Crippen LogP contribution in [0.25, 0.3) is 0 Å². The fourth-order valence-electron chi connectivity index (χ4n) is 3.71. The van der Waals surface area contributed by atoms with Crippen molar-refractivity contribution in [1.82, 2.24) is 20.6 Å². The zero-order valence-corrected chi connectivity index (χ0v) is 19.5. The number of aromatic amines is 1. The monoisotopic (exact) mass is 436 g/mol. The van der Waals surface area contributed by atoms with Gasteiger partial charge < -0.3 is 20.7 Å². The molecule has 178 valence electrons. The molecule has 0 aliphatic carbocycles. The molecule has 0 saturated carbocycles. The second-order valence-electron chi connectivity index (χ2n) is 8.51. The number of H-pyrrole nitrogens is 1. The number of carboxylic acids is 1. The lowest BCUT2D eigenvalue weighted by atomic mass is 10.0. The molecule has 0 fully saturated rings. The Morgan fingerprint density at radius 3 is 1.97 bits per heavy atom. The van der Waals surface area contributed by atoms with E-state index in [0.29, 0.717) is 5.69 Å². The second-order valence-corrected chi connectivity index (χ2v) is 8.51. The molecule has 4 N–H and O–H groups in total. The Balaban J connectivity index is 1.89. The predicted molar refractivity (Wildman–Crippen MR) is 125 cm³/mol. The molecule has 31 heavy (non-hydrogen) atoms. The molecular weight excluding hydrogens is 392 g/mol. The number of aliphatic carboxylic acids is 1. The molecule has 0 bridgehead atoms. The SMILES string of the molecule is CCCCCCCCCCCCCCCCNCC(=O)NC(Cc1cnc[nH]1)C(=O)O. The Kier molecular flexibility index (Phi) is 16.5. The summed E-state index contributed by atoms with van der Waals surface area (Å²) in [7, 11) is 0. The first-order valence-corrected chi connectivity index (χ1v) is 12.3. The molecular formula is C24H44N4O3. The maximum absolute atomic E-state index is 12.0. The molecule has 0 aliphatic heterocycles. The summed E-state index contributed by atoms with van der Waals surface area (Å²) < 4.78 is 0. The molecule has 1 rings (SSSR count). The Bertz CT molecular complexity index is 563. The average molecular weight is 437 g/mol. The highest BCUT2D eigenvalue weighted by Gasteiger charge is 2.20. The maximum Gasteiger partial charge on any atom is 0.326 e. The first-order chi connectivity index (χ1) is 15.1. The van der Waals surface area contributed by atoms with Crippen molar-refractivity contribution in [2.45, 2.75) is 109 Å². The Morgan fingerprint density at radius 2 is 1.48 bits per heavy atom. The van der Waals surface area contributed by atoms with Crippen LogP contribution in [0.15, 0.2) is 12.5 Å². The first-order valence-electron chi connectivity index (χ1n) is 12.3. The van der Waals surface area contributed by atoms with Crippen molar-refractivity contribution in [2.24, 2.45) is 0 Å². The molecule has 0 aromatic carbocycles. The van der Waals surface area contributed by atoms with E-state index < -0.39 is 12.0 Å². The lowest BCUT2D eigenvalue weighted by Crippen LogP contribution is -2.45. The molecule has 0 saturated heterocycles. The highest BCUT2D eigenvalue weighted by atomic mass is 16.4. The van der Waals surface area contributed by atoms with Gasteiger partial charge in [-0.3, -0.25) is 4.79 Å². The van der Waals surface area contributed by atoms with E-state index >= 15 is 0 Å². The van der Waals surface area contributed by atoms with E-state index in [1.807, 2.05) is 0 Å². The number of carbonyl (C=O) groups is 2. The molecule has 1 unspecified atom stereocenters. The van der Waals surface area contributed by atoms with E-state index in [1.54, 1.807) is 6.20 Å². The largest absolute Gasteiger partial charge is 0.480 e. The van der Waals surface area contributed by atoms with Gasteiger partial charge in [-0.1, -0.05) is 90.4 Å². The molecule has 1 atom stereocenters. The van der Waals surface area contributed by atoms with Crippen molar-refractivity contribution in [2.75, 3.05) is 13.1 Å². The number of carbonyl (C=O) groups excluding carboxylic acids is 1. The summed E-state index contributed by atoms with van der Waals surface area (Å²) in [4.78, 5) is 30.0. The predicted octanol–water partition coefficient (Wildman–Crippen LogP) is 4.59. The molecule has 0 aliphatic rings. The van der Waals surface area contributed by atoms with Crippen molar-refractivity contribution < 1.29 is 14.7 Å². The first kappa shape index (κ1) is 27.1. The molecule has 1 aromatic heterocycles. The maximum atomic E-state index is 12.0. The quantitative estimate of drug-likeness (QED) is 0.211. The van der Waals surface area contributed by atoms with Gasteiger partial charge in [0.05, 0.1) is 12.9 Å². The van der Waals surface area contributed by atoms with Gasteiger partial charge in [0.1, 0.15) is 6.04 Å². The van der Waals surface area contributed by atoms with Gasteiger partial charge in [0.15, 0.2) is 0 Å². The summed E-state index contributed by atoms with van der Waals surface area (Å²) >= 11 is 0. The summed E-state index contributed by atoms with van der Waals surface area (Å²) in [6.07, 6.45) is 21.8. The molecule has 1 amide bonds. The summed E-state index contributed by atoms with van der Waals surface area (Å²) in [6, 6.07) is -0.948. The van der Waals surface area contributed by atoms with Crippen LogP contribution in [0.1, 0.15) is 103 Å². The number of carboxylic acid groups (broad SMARTS) is 1. The number of rotatable bonds is 21. The Hall–Kier alpha value is -1.89. The number of hydrogen-bond acceptors (Lipinski definition) is 4. The molecule has 7 heteroatoms.